The first-order valence-corrected chi connectivity index (χ1v) is 12.1. The number of ether oxygens (including phenoxy) is 1. The number of carbonyl (C=O) groups is 1. The Morgan fingerprint density at radius 3 is 2.17 bits per heavy atom. The predicted octanol–water partition coefficient (Wildman–Crippen LogP) is 4.76. The summed E-state index contributed by atoms with van der Waals surface area (Å²) in [4.78, 5) is 12.3. The third-order valence-corrected chi connectivity index (χ3v) is 7.29. The molecule has 0 heterocycles. The van der Waals surface area contributed by atoms with Crippen LogP contribution in [0.25, 0.3) is 0 Å². The van der Waals surface area contributed by atoms with Crippen LogP contribution in [-0.2, 0) is 13.3 Å². The molecule has 0 aliphatic heterocycles. The maximum Gasteiger partial charge on any atom is 0.500 e. The van der Waals surface area contributed by atoms with Gasteiger partial charge < -0.3 is 23.3 Å². The van der Waals surface area contributed by atoms with E-state index in [-0.39, 0.29) is 5.97 Å². The SMILES string of the molecule is CCO[Si](CCCNc1cccc(C(=O)Oc2ccccc2)c1)(OCC)OCC. The van der Waals surface area contributed by atoms with Crippen molar-refractivity contribution < 1.29 is 22.8 Å². The van der Waals surface area contributed by atoms with E-state index in [1.807, 2.05) is 51.1 Å². The number of nitrogens with one attached hydrogen (secondary N) is 1. The van der Waals surface area contributed by atoms with Gasteiger partial charge in [-0.15, -0.1) is 0 Å². The average Bonchev–Trinajstić information content (AvgIpc) is 2.73. The lowest BCUT2D eigenvalue weighted by atomic mass is 10.2. The maximum absolute atomic E-state index is 12.3. The number of anilines is 1. The molecule has 2 aromatic rings. The normalized spacial score (nSPS) is 11.3. The van der Waals surface area contributed by atoms with Gasteiger partial charge in [-0.25, -0.2) is 4.79 Å². The van der Waals surface area contributed by atoms with E-state index in [0.29, 0.717) is 31.1 Å². The molecule has 2 rings (SSSR count). The molecule has 0 radical (unpaired) electrons. The van der Waals surface area contributed by atoms with Crippen molar-refractivity contribution >= 4 is 20.5 Å². The van der Waals surface area contributed by atoms with Crippen LogP contribution in [-0.4, -0.2) is 41.1 Å². The Hall–Kier alpha value is -2.19. The quantitative estimate of drug-likeness (QED) is 0.219. The van der Waals surface area contributed by atoms with Crippen LogP contribution in [0, 0.1) is 0 Å². The molecular weight excluding hydrogens is 386 g/mol. The number of carbonyl (C=O) groups excluding carboxylic acids is 1. The molecule has 0 spiro atoms. The van der Waals surface area contributed by atoms with E-state index in [1.54, 1.807) is 24.3 Å². The molecule has 0 atom stereocenters. The zero-order valence-electron chi connectivity index (χ0n) is 17.5. The molecule has 0 amide bonds. The summed E-state index contributed by atoms with van der Waals surface area (Å²) in [7, 11) is -2.62. The van der Waals surface area contributed by atoms with Crippen LogP contribution in [0.15, 0.2) is 54.6 Å². The van der Waals surface area contributed by atoms with Gasteiger partial charge >= 0.3 is 14.8 Å². The lowest BCUT2D eigenvalue weighted by Gasteiger charge is -2.28. The Bertz CT molecular complexity index is 724. The summed E-state index contributed by atoms with van der Waals surface area (Å²) in [5.41, 5.74) is 1.37. The Balaban J connectivity index is 1.89. The van der Waals surface area contributed by atoms with Crippen LogP contribution in [0.1, 0.15) is 37.6 Å². The van der Waals surface area contributed by atoms with Gasteiger partial charge in [-0.3, -0.25) is 0 Å². The first-order chi connectivity index (χ1) is 14.1. The monoisotopic (exact) mass is 417 g/mol. The predicted molar refractivity (Wildman–Crippen MR) is 116 cm³/mol. The van der Waals surface area contributed by atoms with E-state index >= 15 is 0 Å². The van der Waals surface area contributed by atoms with Crippen LogP contribution in [0.5, 0.6) is 5.75 Å². The van der Waals surface area contributed by atoms with Crippen LogP contribution in [0.4, 0.5) is 5.69 Å². The minimum absolute atomic E-state index is 0.379. The van der Waals surface area contributed by atoms with Gasteiger partial charge in [0.25, 0.3) is 0 Å². The van der Waals surface area contributed by atoms with Crippen LogP contribution in [0.2, 0.25) is 6.04 Å². The molecule has 0 saturated carbocycles. The van der Waals surface area contributed by atoms with Gasteiger partial charge in [-0.2, -0.15) is 0 Å². The Labute approximate surface area is 174 Å². The van der Waals surface area contributed by atoms with Crippen molar-refractivity contribution in [1.82, 2.24) is 0 Å². The van der Waals surface area contributed by atoms with Crippen molar-refractivity contribution in [2.75, 3.05) is 31.7 Å². The summed E-state index contributed by atoms with van der Waals surface area (Å²) >= 11 is 0. The van der Waals surface area contributed by atoms with Crippen molar-refractivity contribution in [2.24, 2.45) is 0 Å². The second-order valence-electron chi connectivity index (χ2n) is 6.30. The first kappa shape index (κ1) is 23.1. The van der Waals surface area contributed by atoms with E-state index < -0.39 is 8.80 Å². The van der Waals surface area contributed by atoms with E-state index in [2.05, 4.69) is 5.32 Å². The van der Waals surface area contributed by atoms with Gasteiger partial charge in [0.05, 0.1) is 5.56 Å². The third kappa shape index (κ3) is 7.62. The topological polar surface area (TPSA) is 66.0 Å². The van der Waals surface area contributed by atoms with Gasteiger partial charge in [0.2, 0.25) is 0 Å². The zero-order valence-corrected chi connectivity index (χ0v) is 18.5. The molecule has 0 aliphatic carbocycles. The fourth-order valence-corrected chi connectivity index (χ4v) is 5.56. The second kappa shape index (κ2) is 12.4. The fourth-order valence-electron chi connectivity index (χ4n) is 2.95. The highest BCUT2D eigenvalue weighted by Gasteiger charge is 2.39. The molecule has 0 saturated heterocycles. The number of hydrogen-bond donors (Lipinski definition) is 1. The minimum Gasteiger partial charge on any atom is -0.423 e. The minimum atomic E-state index is -2.62. The maximum atomic E-state index is 12.3. The molecule has 1 N–H and O–H groups in total. The van der Waals surface area contributed by atoms with Crippen molar-refractivity contribution in [3.05, 3.63) is 60.2 Å². The van der Waals surface area contributed by atoms with Crippen LogP contribution < -0.4 is 10.1 Å². The van der Waals surface area contributed by atoms with Gasteiger partial charge in [0.15, 0.2) is 0 Å². The fraction of sp³-hybridized carbons (Fsp3) is 0.409. The molecule has 6 nitrogen and oxygen atoms in total. The highest BCUT2D eigenvalue weighted by Crippen LogP contribution is 2.19. The molecular formula is C22H31NO5Si. The van der Waals surface area contributed by atoms with E-state index in [1.165, 1.54) is 0 Å². The largest absolute Gasteiger partial charge is 0.500 e. The third-order valence-electron chi connectivity index (χ3n) is 4.13. The Kier molecular flexibility index (Phi) is 9.86. The van der Waals surface area contributed by atoms with Gasteiger partial charge in [0, 0.05) is 38.1 Å². The molecule has 0 unspecified atom stereocenters. The van der Waals surface area contributed by atoms with E-state index in [0.717, 1.165) is 24.7 Å². The molecule has 2 aromatic carbocycles. The molecule has 7 heteroatoms. The summed E-state index contributed by atoms with van der Waals surface area (Å²) in [6, 6.07) is 17.1. The Morgan fingerprint density at radius 2 is 1.55 bits per heavy atom. The highest BCUT2D eigenvalue weighted by molar-refractivity contribution is 6.60. The molecule has 0 aromatic heterocycles. The summed E-state index contributed by atoms with van der Waals surface area (Å²) in [5.74, 6) is 0.148. The summed E-state index contributed by atoms with van der Waals surface area (Å²) in [6.45, 7) is 8.31. The van der Waals surface area contributed by atoms with E-state index in [4.69, 9.17) is 18.0 Å². The van der Waals surface area contributed by atoms with Gasteiger partial charge in [-0.05, 0) is 57.5 Å². The number of hydrogen-bond acceptors (Lipinski definition) is 6. The van der Waals surface area contributed by atoms with Gasteiger partial charge in [0.1, 0.15) is 5.75 Å². The van der Waals surface area contributed by atoms with Gasteiger partial charge in [-0.1, -0.05) is 24.3 Å². The van der Waals surface area contributed by atoms with Crippen molar-refractivity contribution in [2.45, 2.75) is 33.2 Å². The second-order valence-corrected chi connectivity index (χ2v) is 9.03. The molecule has 29 heavy (non-hydrogen) atoms. The number of esters is 1. The van der Waals surface area contributed by atoms with Crippen LogP contribution >= 0.6 is 0 Å². The van der Waals surface area contributed by atoms with Crippen LogP contribution in [0.3, 0.4) is 0 Å². The molecule has 0 aliphatic rings. The molecule has 0 bridgehead atoms. The smallest absolute Gasteiger partial charge is 0.423 e. The number of rotatable bonds is 13. The summed E-state index contributed by atoms with van der Waals surface area (Å²) in [5, 5.41) is 3.35. The standard InChI is InChI=1S/C22H31NO5Si/c1-4-25-29(26-5-2,27-6-3)17-11-16-23-20-13-10-12-19(18-20)22(24)28-21-14-8-7-9-15-21/h7-10,12-15,18,23H,4-6,11,16-17H2,1-3H3. The van der Waals surface area contributed by atoms with Crippen molar-refractivity contribution in [3.63, 3.8) is 0 Å². The first-order valence-electron chi connectivity index (χ1n) is 10.2. The highest BCUT2D eigenvalue weighted by atomic mass is 28.4. The lowest BCUT2D eigenvalue weighted by Crippen LogP contribution is -2.46. The summed E-state index contributed by atoms with van der Waals surface area (Å²) in [6.07, 6.45) is 0.838. The van der Waals surface area contributed by atoms with Crippen molar-refractivity contribution in [1.29, 1.82) is 0 Å². The zero-order chi connectivity index (χ0) is 21.0. The Morgan fingerprint density at radius 1 is 0.897 bits per heavy atom. The number of benzene rings is 2. The average molecular weight is 418 g/mol. The van der Waals surface area contributed by atoms with E-state index in [9.17, 15) is 4.79 Å². The summed E-state index contributed by atoms with van der Waals surface area (Å²) < 4.78 is 23.0. The lowest BCUT2D eigenvalue weighted by molar-refractivity contribution is 0.0708. The molecule has 158 valence electrons. The number of para-hydroxylation sites is 1. The van der Waals surface area contributed by atoms with Crippen molar-refractivity contribution in [3.8, 4) is 5.75 Å². The molecule has 0 fully saturated rings.